The van der Waals surface area contributed by atoms with Crippen LogP contribution < -0.4 is 16.2 Å². The van der Waals surface area contributed by atoms with E-state index >= 15 is 4.39 Å². The number of hydrogen-bond acceptors (Lipinski definition) is 5. The van der Waals surface area contributed by atoms with E-state index in [1.165, 1.54) is 17.3 Å². The number of nitrogens with two attached hydrogens (primary N) is 2. The van der Waals surface area contributed by atoms with Crippen LogP contribution in [0.2, 0.25) is 0 Å². The first-order valence-electron chi connectivity index (χ1n) is 11.6. The van der Waals surface area contributed by atoms with Crippen molar-refractivity contribution in [3.63, 3.8) is 0 Å². The summed E-state index contributed by atoms with van der Waals surface area (Å²) in [6.07, 6.45) is 4.68. The van der Waals surface area contributed by atoms with Crippen LogP contribution in [0, 0.1) is 17.5 Å². The minimum absolute atomic E-state index is 0.0679. The standard InChI is InChI=1S/C22H28F4N4O2.C2H6/c23-16-11-18(24)20(19(25)12-16)32-17-2-7-30(8-3-17)21(31)22(26)4-9-29(10-5-22)14-15(13-28)1-6-27;1-2/h1,6,11-13,17H,2-5,7-10,14,27-28H2;1-2H3/b6-1-,15-13+;. The van der Waals surface area contributed by atoms with E-state index in [9.17, 15) is 18.0 Å². The van der Waals surface area contributed by atoms with E-state index in [0.717, 1.165) is 5.57 Å². The zero-order chi connectivity index (χ0) is 25.3. The first kappa shape index (κ1) is 27.5. The number of carbonyl (C=O) groups excluding carboxylic acids is 1. The summed E-state index contributed by atoms with van der Waals surface area (Å²) in [4.78, 5) is 16.3. The highest BCUT2D eigenvalue weighted by atomic mass is 19.2. The van der Waals surface area contributed by atoms with Crippen molar-refractivity contribution in [2.45, 2.75) is 51.3 Å². The number of benzene rings is 1. The van der Waals surface area contributed by atoms with Gasteiger partial charge in [0.05, 0.1) is 0 Å². The largest absolute Gasteiger partial charge is 0.484 e. The quantitative estimate of drug-likeness (QED) is 0.474. The normalized spacial score (nSPS) is 19.6. The molecule has 1 aromatic rings. The number of ether oxygens (including phenoxy) is 1. The number of alkyl halides is 1. The van der Waals surface area contributed by atoms with Gasteiger partial charge in [-0.05, 0) is 24.0 Å². The van der Waals surface area contributed by atoms with E-state index in [1.54, 1.807) is 6.08 Å². The molecule has 0 bridgehead atoms. The van der Waals surface area contributed by atoms with Crippen molar-refractivity contribution in [3.05, 3.63) is 53.6 Å². The molecule has 0 unspecified atom stereocenters. The van der Waals surface area contributed by atoms with Gasteiger partial charge in [-0.25, -0.2) is 17.6 Å². The second kappa shape index (κ2) is 12.6. The van der Waals surface area contributed by atoms with Gasteiger partial charge < -0.3 is 21.1 Å². The molecule has 6 nitrogen and oxygen atoms in total. The summed E-state index contributed by atoms with van der Waals surface area (Å²) in [6.45, 7) is 5.75. The highest BCUT2D eigenvalue weighted by Gasteiger charge is 2.44. The molecule has 4 N–H and O–H groups in total. The second-order valence-corrected chi connectivity index (χ2v) is 8.15. The zero-order valence-electron chi connectivity index (χ0n) is 19.7. The minimum atomic E-state index is -1.95. The van der Waals surface area contributed by atoms with Crippen LogP contribution in [0.1, 0.15) is 39.5 Å². The first-order chi connectivity index (χ1) is 16.3. The summed E-state index contributed by atoms with van der Waals surface area (Å²) in [5, 5.41) is 0. The van der Waals surface area contributed by atoms with Gasteiger partial charge in [0.15, 0.2) is 23.1 Å². The van der Waals surface area contributed by atoms with Crippen LogP contribution in [0.3, 0.4) is 0 Å². The first-order valence-corrected chi connectivity index (χ1v) is 11.6. The average Bonchev–Trinajstić information content (AvgIpc) is 2.83. The van der Waals surface area contributed by atoms with Gasteiger partial charge in [0.25, 0.3) is 5.91 Å². The fourth-order valence-electron chi connectivity index (χ4n) is 4.09. The lowest BCUT2D eigenvalue weighted by atomic mass is 9.90. The van der Waals surface area contributed by atoms with Crippen molar-refractivity contribution in [1.29, 1.82) is 0 Å². The Morgan fingerprint density at radius 1 is 1.09 bits per heavy atom. The van der Waals surface area contributed by atoms with Crippen molar-refractivity contribution in [2.24, 2.45) is 11.5 Å². The number of halogens is 4. The molecule has 0 atom stereocenters. The number of hydrogen-bond donors (Lipinski definition) is 2. The van der Waals surface area contributed by atoms with E-state index in [0.29, 0.717) is 44.6 Å². The van der Waals surface area contributed by atoms with Crippen LogP contribution in [-0.4, -0.2) is 60.2 Å². The summed E-state index contributed by atoms with van der Waals surface area (Å²) in [5.41, 5.74) is 9.80. The Morgan fingerprint density at radius 3 is 2.15 bits per heavy atom. The number of amides is 1. The van der Waals surface area contributed by atoms with E-state index in [-0.39, 0.29) is 25.9 Å². The molecular weight excluding hydrogens is 452 g/mol. The van der Waals surface area contributed by atoms with E-state index in [1.807, 2.05) is 18.7 Å². The maximum Gasteiger partial charge on any atom is 0.260 e. The zero-order valence-corrected chi connectivity index (χ0v) is 19.7. The number of rotatable bonds is 6. The lowest BCUT2D eigenvalue weighted by molar-refractivity contribution is -0.149. The number of likely N-dealkylation sites (tertiary alicyclic amines) is 2. The van der Waals surface area contributed by atoms with Crippen molar-refractivity contribution in [3.8, 4) is 5.75 Å². The molecule has 2 aliphatic heterocycles. The summed E-state index contributed by atoms with van der Waals surface area (Å²) >= 11 is 0. The van der Waals surface area contributed by atoms with Gasteiger partial charge in [-0.3, -0.25) is 9.69 Å². The number of piperidine rings is 2. The third-order valence-electron chi connectivity index (χ3n) is 5.94. The molecule has 2 aliphatic rings. The second-order valence-electron chi connectivity index (χ2n) is 8.15. The van der Waals surface area contributed by atoms with Gasteiger partial charge in [-0.1, -0.05) is 13.8 Å². The van der Waals surface area contributed by atoms with E-state index in [4.69, 9.17) is 16.2 Å². The monoisotopic (exact) mass is 486 g/mol. The highest BCUT2D eigenvalue weighted by Crippen LogP contribution is 2.31. The molecule has 0 saturated carbocycles. The smallest absolute Gasteiger partial charge is 0.260 e. The molecule has 0 aromatic heterocycles. The van der Waals surface area contributed by atoms with Gasteiger partial charge in [-0.15, -0.1) is 0 Å². The molecule has 2 saturated heterocycles. The Labute approximate surface area is 198 Å². The fourth-order valence-corrected chi connectivity index (χ4v) is 4.09. The Morgan fingerprint density at radius 2 is 1.65 bits per heavy atom. The molecule has 0 aliphatic carbocycles. The van der Waals surface area contributed by atoms with Crippen LogP contribution in [0.25, 0.3) is 0 Å². The number of carbonyl (C=O) groups is 1. The maximum absolute atomic E-state index is 15.4. The minimum Gasteiger partial charge on any atom is -0.484 e. The van der Waals surface area contributed by atoms with Crippen molar-refractivity contribution < 1.29 is 27.1 Å². The summed E-state index contributed by atoms with van der Waals surface area (Å²) in [7, 11) is 0. The van der Waals surface area contributed by atoms with Gasteiger partial charge in [-0.2, -0.15) is 0 Å². The molecule has 10 heteroatoms. The van der Waals surface area contributed by atoms with Gasteiger partial charge in [0, 0.05) is 70.5 Å². The molecule has 190 valence electrons. The molecule has 3 rings (SSSR count). The van der Waals surface area contributed by atoms with Crippen LogP contribution in [0.5, 0.6) is 5.75 Å². The lowest BCUT2D eigenvalue weighted by Gasteiger charge is -2.40. The van der Waals surface area contributed by atoms with Crippen LogP contribution in [-0.2, 0) is 4.79 Å². The molecule has 0 spiro atoms. The van der Waals surface area contributed by atoms with Gasteiger partial charge in [0.2, 0.25) is 0 Å². The van der Waals surface area contributed by atoms with Crippen molar-refractivity contribution in [1.82, 2.24) is 9.80 Å². The number of nitrogens with zero attached hydrogens (tertiary/aromatic N) is 2. The average molecular weight is 487 g/mol. The highest BCUT2D eigenvalue weighted by molar-refractivity contribution is 5.85. The predicted molar refractivity (Wildman–Crippen MR) is 123 cm³/mol. The molecular formula is C24H34F4N4O2. The molecule has 0 radical (unpaired) electrons. The maximum atomic E-state index is 15.4. The van der Waals surface area contributed by atoms with Gasteiger partial charge >= 0.3 is 0 Å². The summed E-state index contributed by atoms with van der Waals surface area (Å²) in [5.74, 6) is -4.47. The predicted octanol–water partition coefficient (Wildman–Crippen LogP) is 3.62. The Kier molecular flexibility index (Phi) is 10.2. The summed E-state index contributed by atoms with van der Waals surface area (Å²) in [6, 6.07) is 1.10. The summed E-state index contributed by atoms with van der Waals surface area (Å²) < 4.78 is 61.4. The van der Waals surface area contributed by atoms with Crippen molar-refractivity contribution >= 4 is 5.91 Å². The lowest BCUT2D eigenvalue weighted by Crippen LogP contribution is -2.54. The molecule has 1 amide bonds. The third-order valence-corrected chi connectivity index (χ3v) is 5.94. The van der Waals surface area contributed by atoms with E-state index < -0.39 is 40.9 Å². The van der Waals surface area contributed by atoms with Crippen LogP contribution in [0.15, 0.2) is 36.2 Å². The molecule has 2 heterocycles. The van der Waals surface area contributed by atoms with Gasteiger partial charge in [0.1, 0.15) is 11.9 Å². The third kappa shape index (κ3) is 6.88. The van der Waals surface area contributed by atoms with E-state index in [2.05, 4.69) is 0 Å². The Balaban J connectivity index is 0.00000199. The SMILES string of the molecule is CC.N/C=C\C(=C/N)CN1CCC(F)(C(=O)N2CCC(Oc3c(F)cc(F)cc3F)CC2)CC1. The van der Waals surface area contributed by atoms with Crippen LogP contribution in [0.4, 0.5) is 17.6 Å². The Bertz CT molecular complexity index is 855. The van der Waals surface area contributed by atoms with Crippen molar-refractivity contribution in [2.75, 3.05) is 32.7 Å². The molecule has 2 fully saturated rings. The fraction of sp³-hybridized carbons (Fsp3) is 0.542. The molecule has 1 aromatic carbocycles. The topological polar surface area (TPSA) is 84.8 Å². The molecule has 34 heavy (non-hydrogen) atoms. The Hall–Kier alpha value is -2.75. The van der Waals surface area contributed by atoms with Crippen LogP contribution >= 0.6 is 0 Å².